The monoisotopic (exact) mass is 219 g/mol. The van der Waals surface area contributed by atoms with E-state index >= 15 is 0 Å². The molecule has 1 aliphatic heterocycles. The van der Waals surface area contributed by atoms with E-state index < -0.39 is 0 Å². The highest BCUT2D eigenvalue weighted by Crippen LogP contribution is 2.39. The summed E-state index contributed by atoms with van der Waals surface area (Å²) < 4.78 is 0. The lowest BCUT2D eigenvalue weighted by Gasteiger charge is -2.05. The standard InChI is InChI=1S/C9H17NOS2/c11-10-7-4-2-1-3-5-9-6-8-12-13-9/h9H,1-8H2/t9-/m0/s1. The minimum absolute atomic E-state index is 0.508. The fraction of sp³-hybridized carbons (Fsp3) is 1.00. The quantitative estimate of drug-likeness (QED) is 0.370. The third-order valence-corrected chi connectivity index (χ3v) is 5.26. The highest BCUT2D eigenvalue weighted by molar-refractivity contribution is 8.77. The Morgan fingerprint density at radius 2 is 2.08 bits per heavy atom. The summed E-state index contributed by atoms with van der Waals surface area (Å²) in [6.45, 7) is 0.508. The van der Waals surface area contributed by atoms with Gasteiger partial charge in [0.1, 0.15) is 0 Å². The van der Waals surface area contributed by atoms with Gasteiger partial charge < -0.3 is 0 Å². The normalized spacial score (nSPS) is 22.0. The lowest BCUT2D eigenvalue weighted by Crippen LogP contribution is -1.96. The topological polar surface area (TPSA) is 29.4 Å². The summed E-state index contributed by atoms with van der Waals surface area (Å²) in [6.07, 6.45) is 7.53. The molecule has 0 radical (unpaired) electrons. The molecule has 1 heterocycles. The molecule has 1 aliphatic rings. The summed E-state index contributed by atoms with van der Waals surface area (Å²) in [6, 6.07) is 0. The minimum Gasteiger partial charge on any atom is -0.151 e. The van der Waals surface area contributed by atoms with Crippen molar-refractivity contribution < 1.29 is 0 Å². The van der Waals surface area contributed by atoms with Crippen molar-refractivity contribution in [3.63, 3.8) is 0 Å². The smallest absolute Gasteiger partial charge is 0.0811 e. The molecule has 0 spiro atoms. The van der Waals surface area contributed by atoms with Crippen LogP contribution in [0.3, 0.4) is 0 Å². The summed E-state index contributed by atoms with van der Waals surface area (Å²) in [5, 5.41) is 3.76. The Bertz CT molecular complexity index is 138. The molecule has 0 amide bonds. The lowest BCUT2D eigenvalue weighted by atomic mass is 10.1. The molecule has 1 rings (SSSR count). The van der Waals surface area contributed by atoms with E-state index in [0.717, 1.165) is 11.7 Å². The number of hydrogen-bond acceptors (Lipinski definition) is 4. The van der Waals surface area contributed by atoms with E-state index in [-0.39, 0.29) is 0 Å². The minimum atomic E-state index is 0.508. The fourth-order valence-electron chi connectivity index (χ4n) is 1.47. The van der Waals surface area contributed by atoms with Crippen molar-refractivity contribution in [3.05, 3.63) is 4.91 Å². The highest BCUT2D eigenvalue weighted by atomic mass is 33.1. The molecule has 13 heavy (non-hydrogen) atoms. The molecule has 2 nitrogen and oxygen atoms in total. The zero-order valence-electron chi connectivity index (χ0n) is 7.91. The summed E-state index contributed by atoms with van der Waals surface area (Å²) in [7, 11) is 4.07. The number of nitroso groups, excluding NO2 is 1. The molecule has 0 aromatic heterocycles. The SMILES string of the molecule is O=NCCCCCC[C@H]1CCSS1. The van der Waals surface area contributed by atoms with Crippen molar-refractivity contribution in [1.82, 2.24) is 0 Å². The molecular weight excluding hydrogens is 202 g/mol. The maximum atomic E-state index is 9.79. The Balaban J connectivity index is 1.80. The van der Waals surface area contributed by atoms with Crippen LogP contribution in [0.2, 0.25) is 0 Å². The summed E-state index contributed by atoms with van der Waals surface area (Å²) in [5.74, 6) is 1.34. The number of unbranched alkanes of at least 4 members (excludes halogenated alkanes) is 3. The van der Waals surface area contributed by atoms with Crippen LogP contribution >= 0.6 is 21.6 Å². The maximum Gasteiger partial charge on any atom is 0.0811 e. The van der Waals surface area contributed by atoms with E-state index in [2.05, 4.69) is 16.0 Å². The van der Waals surface area contributed by atoms with Gasteiger partial charge in [0.15, 0.2) is 0 Å². The van der Waals surface area contributed by atoms with Gasteiger partial charge >= 0.3 is 0 Å². The molecule has 4 heteroatoms. The average molecular weight is 219 g/mol. The van der Waals surface area contributed by atoms with Crippen LogP contribution in [0.4, 0.5) is 0 Å². The summed E-state index contributed by atoms with van der Waals surface area (Å²) >= 11 is 0. The third kappa shape index (κ3) is 5.57. The van der Waals surface area contributed by atoms with E-state index in [4.69, 9.17) is 0 Å². The Morgan fingerprint density at radius 1 is 1.23 bits per heavy atom. The molecule has 0 aromatic rings. The first-order valence-corrected chi connectivity index (χ1v) is 7.39. The molecule has 0 N–H and O–H groups in total. The van der Waals surface area contributed by atoms with Gasteiger partial charge in [0.05, 0.1) is 6.54 Å². The molecule has 0 aliphatic carbocycles. The van der Waals surface area contributed by atoms with Gasteiger partial charge in [0.2, 0.25) is 0 Å². The summed E-state index contributed by atoms with van der Waals surface area (Å²) in [4.78, 5) is 9.79. The zero-order valence-corrected chi connectivity index (χ0v) is 9.54. The first-order chi connectivity index (χ1) is 6.43. The molecule has 76 valence electrons. The Kier molecular flexibility index (Phi) is 6.72. The van der Waals surface area contributed by atoms with Crippen LogP contribution in [0, 0.1) is 4.91 Å². The molecule has 1 fully saturated rings. The highest BCUT2D eigenvalue weighted by Gasteiger charge is 2.15. The molecule has 0 unspecified atom stereocenters. The maximum absolute atomic E-state index is 9.79. The molecule has 1 saturated heterocycles. The van der Waals surface area contributed by atoms with E-state index in [1.165, 1.54) is 37.9 Å². The van der Waals surface area contributed by atoms with Crippen LogP contribution in [0.5, 0.6) is 0 Å². The average Bonchev–Trinajstić information content (AvgIpc) is 2.63. The second-order valence-corrected chi connectivity index (χ2v) is 6.17. The van der Waals surface area contributed by atoms with Crippen molar-refractivity contribution in [3.8, 4) is 0 Å². The van der Waals surface area contributed by atoms with E-state index in [9.17, 15) is 4.91 Å². The van der Waals surface area contributed by atoms with E-state index in [1.807, 2.05) is 10.8 Å². The fourth-order valence-corrected chi connectivity index (χ4v) is 4.49. The van der Waals surface area contributed by atoms with Gasteiger partial charge in [-0.3, -0.25) is 0 Å². The number of hydrogen-bond donors (Lipinski definition) is 0. The van der Waals surface area contributed by atoms with Crippen LogP contribution in [-0.4, -0.2) is 17.5 Å². The zero-order chi connectivity index (χ0) is 9.36. The molecule has 0 aromatic carbocycles. The van der Waals surface area contributed by atoms with Crippen molar-refractivity contribution >= 4 is 21.6 Å². The Morgan fingerprint density at radius 3 is 2.77 bits per heavy atom. The van der Waals surface area contributed by atoms with Gasteiger partial charge in [0.25, 0.3) is 0 Å². The second-order valence-electron chi connectivity index (χ2n) is 3.38. The van der Waals surface area contributed by atoms with E-state index in [1.54, 1.807) is 0 Å². The number of rotatable bonds is 7. The lowest BCUT2D eigenvalue weighted by molar-refractivity contribution is 0.604. The van der Waals surface area contributed by atoms with Gasteiger partial charge in [-0.15, -0.1) is 0 Å². The molecule has 0 bridgehead atoms. The van der Waals surface area contributed by atoms with Crippen LogP contribution in [-0.2, 0) is 0 Å². The largest absolute Gasteiger partial charge is 0.151 e. The molecule has 1 atom stereocenters. The van der Waals surface area contributed by atoms with Crippen LogP contribution in [0.25, 0.3) is 0 Å². The molecular formula is C9H17NOS2. The van der Waals surface area contributed by atoms with Gasteiger partial charge in [0, 0.05) is 11.0 Å². The first kappa shape index (κ1) is 11.4. The van der Waals surface area contributed by atoms with Gasteiger partial charge in [-0.25, -0.2) is 0 Å². The third-order valence-electron chi connectivity index (χ3n) is 2.25. The van der Waals surface area contributed by atoms with E-state index in [0.29, 0.717) is 6.54 Å². The summed E-state index contributed by atoms with van der Waals surface area (Å²) in [5.41, 5.74) is 0. The predicted octanol–water partition coefficient (Wildman–Crippen LogP) is 3.86. The van der Waals surface area contributed by atoms with Gasteiger partial charge in [-0.1, -0.05) is 46.0 Å². The van der Waals surface area contributed by atoms with Crippen LogP contribution in [0.15, 0.2) is 5.18 Å². The Hall–Kier alpha value is 0.300. The predicted molar refractivity (Wildman–Crippen MR) is 62.2 cm³/mol. The van der Waals surface area contributed by atoms with Crippen molar-refractivity contribution in [2.75, 3.05) is 12.3 Å². The van der Waals surface area contributed by atoms with Crippen molar-refractivity contribution in [2.45, 2.75) is 43.8 Å². The second kappa shape index (κ2) is 7.68. The van der Waals surface area contributed by atoms with Gasteiger partial charge in [-0.2, -0.15) is 4.91 Å². The van der Waals surface area contributed by atoms with Gasteiger partial charge in [-0.05, 0) is 19.3 Å². The molecule has 0 saturated carbocycles. The van der Waals surface area contributed by atoms with Crippen LogP contribution in [0.1, 0.15) is 38.5 Å². The van der Waals surface area contributed by atoms with Crippen molar-refractivity contribution in [1.29, 1.82) is 0 Å². The first-order valence-electron chi connectivity index (χ1n) is 5.01. The van der Waals surface area contributed by atoms with Crippen molar-refractivity contribution in [2.24, 2.45) is 5.18 Å². The Labute approximate surface area is 88.0 Å². The van der Waals surface area contributed by atoms with Crippen LogP contribution < -0.4 is 0 Å². The number of nitrogens with zero attached hydrogens (tertiary/aromatic N) is 1.